The summed E-state index contributed by atoms with van der Waals surface area (Å²) in [5.74, 6) is 3.88. The molecular formula is C33H34FN5O5S. The van der Waals surface area contributed by atoms with Crippen LogP contribution in [0.3, 0.4) is 0 Å². The minimum atomic E-state index is -3.95. The van der Waals surface area contributed by atoms with Crippen LogP contribution in [-0.4, -0.2) is 68.5 Å². The Kier molecular flexibility index (Phi) is 10.9. The predicted molar refractivity (Wildman–Crippen MR) is 168 cm³/mol. The van der Waals surface area contributed by atoms with Gasteiger partial charge in [-0.15, -0.1) is 0 Å². The molecule has 0 spiro atoms. The van der Waals surface area contributed by atoms with Crippen LogP contribution in [0.2, 0.25) is 0 Å². The fraction of sp³-hybridized carbons (Fsp3) is 0.303. The Morgan fingerprint density at radius 2 is 1.71 bits per heavy atom. The van der Waals surface area contributed by atoms with E-state index in [0.29, 0.717) is 36.2 Å². The van der Waals surface area contributed by atoms with Crippen LogP contribution in [0, 0.1) is 34.9 Å². The van der Waals surface area contributed by atoms with E-state index in [1.807, 2.05) is 41.3 Å². The van der Waals surface area contributed by atoms with Crippen molar-refractivity contribution in [3.63, 3.8) is 0 Å². The molecule has 4 rings (SSSR count). The number of halogens is 1. The van der Waals surface area contributed by atoms with Crippen molar-refractivity contribution in [1.29, 1.82) is 5.26 Å². The van der Waals surface area contributed by atoms with Crippen molar-refractivity contribution < 1.29 is 27.5 Å². The van der Waals surface area contributed by atoms with Crippen molar-refractivity contribution in [2.24, 2.45) is 5.92 Å². The zero-order valence-electron chi connectivity index (χ0n) is 25.0. The predicted octanol–water partition coefficient (Wildman–Crippen LogP) is 3.14. The summed E-state index contributed by atoms with van der Waals surface area (Å²) in [5.41, 5.74) is 4.15. The van der Waals surface area contributed by atoms with E-state index in [9.17, 15) is 27.5 Å². The molecule has 0 radical (unpaired) electrons. The quantitative estimate of drug-likeness (QED) is 0.231. The molecule has 3 aromatic rings. The van der Waals surface area contributed by atoms with Gasteiger partial charge in [0.15, 0.2) is 0 Å². The SMILES string of the molecule is CC(C)[C@@H](NS(=O)(=O)N1CCN(c2ccc(C#Cc3ccc(F)cc3Cc3cccc(C(=O)NCC#N)c3)cc2)CC1)C(=O)O. The highest BCUT2D eigenvalue weighted by atomic mass is 32.2. The fourth-order valence-corrected chi connectivity index (χ4v) is 6.37. The van der Waals surface area contributed by atoms with Crippen molar-refractivity contribution >= 4 is 27.8 Å². The van der Waals surface area contributed by atoms with Crippen LogP contribution in [0.15, 0.2) is 66.7 Å². The normalized spacial score (nSPS) is 14.2. The smallest absolute Gasteiger partial charge is 0.322 e. The van der Waals surface area contributed by atoms with Crippen LogP contribution < -0.4 is 14.9 Å². The first-order valence-electron chi connectivity index (χ1n) is 14.4. The van der Waals surface area contributed by atoms with Gasteiger partial charge in [-0.1, -0.05) is 37.8 Å². The van der Waals surface area contributed by atoms with Crippen LogP contribution in [-0.2, 0) is 21.4 Å². The molecule has 0 aliphatic carbocycles. The van der Waals surface area contributed by atoms with Gasteiger partial charge in [-0.25, -0.2) is 4.39 Å². The number of carboxylic acids is 1. The third kappa shape index (κ3) is 8.89. The lowest BCUT2D eigenvalue weighted by molar-refractivity contribution is -0.140. The van der Waals surface area contributed by atoms with E-state index in [-0.39, 0.29) is 25.5 Å². The van der Waals surface area contributed by atoms with Crippen LogP contribution >= 0.6 is 0 Å². The van der Waals surface area contributed by atoms with E-state index in [1.165, 1.54) is 16.4 Å². The van der Waals surface area contributed by atoms with Gasteiger partial charge >= 0.3 is 5.97 Å². The number of anilines is 1. The minimum Gasteiger partial charge on any atom is -0.480 e. The lowest BCUT2D eigenvalue weighted by Gasteiger charge is -2.36. The molecule has 45 heavy (non-hydrogen) atoms. The molecule has 1 atom stereocenters. The summed E-state index contributed by atoms with van der Waals surface area (Å²) < 4.78 is 43.3. The molecule has 3 N–H and O–H groups in total. The van der Waals surface area contributed by atoms with Crippen LogP contribution in [0.1, 0.15) is 46.5 Å². The van der Waals surface area contributed by atoms with Crippen LogP contribution in [0.25, 0.3) is 0 Å². The molecule has 1 fully saturated rings. The maximum Gasteiger partial charge on any atom is 0.322 e. The number of carbonyl (C=O) groups excluding carboxylic acids is 1. The van der Waals surface area contributed by atoms with Crippen LogP contribution in [0.4, 0.5) is 10.1 Å². The Balaban J connectivity index is 1.41. The molecule has 234 valence electrons. The van der Waals surface area contributed by atoms with Gasteiger partial charge in [0.05, 0.1) is 6.07 Å². The summed E-state index contributed by atoms with van der Waals surface area (Å²) in [4.78, 5) is 25.8. The van der Waals surface area contributed by atoms with Crippen molar-refractivity contribution in [2.75, 3.05) is 37.6 Å². The molecule has 1 aliphatic heterocycles. The monoisotopic (exact) mass is 631 g/mol. The van der Waals surface area contributed by atoms with Crippen molar-refractivity contribution in [3.05, 3.63) is 100 Å². The van der Waals surface area contributed by atoms with E-state index in [1.54, 1.807) is 38.1 Å². The Morgan fingerprint density at radius 3 is 2.36 bits per heavy atom. The number of rotatable bonds is 10. The molecule has 1 heterocycles. The number of hydrogen-bond donors (Lipinski definition) is 3. The molecule has 10 nitrogen and oxygen atoms in total. The zero-order chi connectivity index (χ0) is 32.6. The van der Waals surface area contributed by atoms with Gasteiger partial charge < -0.3 is 15.3 Å². The number of carboxylic acid groups (broad SMARTS) is 1. The third-order valence-corrected chi connectivity index (χ3v) is 8.94. The summed E-state index contributed by atoms with van der Waals surface area (Å²) in [7, 11) is -3.95. The summed E-state index contributed by atoms with van der Waals surface area (Å²) >= 11 is 0. The van der Waals surface area contributed by atoms with E-state index < -0.39 is 34.0 Å². The zero-order valence-corrected chi connectivity index (χ0v) is 25.8. The maximum absolute atomic E-state index is 14.2. The van der Waals surface area contributed by atoms with Gasteiger partial charge in [-0.05, 0) is 78.1 Å². The van der Waals surface area contributed by atoms with E-state index in [0.717, 1.165) is 16.8 Å². The van der Waals surface area contributed by atoms with Crippen LogP contribution in [0.5, 0.6) is 0 Å². The Labute approximate surface area is 262 Å². The number of carbonyl (C=O) groups is 2. The summed E-state index contributed by atoms with van der Waals surface area (Å²) in [6.45, 7) is 4.49. The number of amides is 1. The Hall–Kier alpha value is -4.75. The average molecular weight is 632 g/mol. The second-order valence-electron chi connectivity index (χ2n) is 10.9. The highest BCUT2D eigenvalue weighted by Gasteiger charge is 2.33. The topological polar surface area (TPSA) is 143 Å². The number of benzene rings is 3. The standard InChI is InChI=1S/C33H34FN5O5S/c1-23(2)31(33(41)42)37-45(43,44)39-18-16-38(17-19-39)30-12-7-24(8-13-30)6-9-26-10-11-29(34)22-28(26)21-25-4-3-5-27(20-25)32(40)36-15-14-35/h3-5,7-8,10-13,20,22-23,31,37H,15-19,21H2,1-2H3,(H,36,40)(H,41,42)/t31-/m1/s1. The molecular weight excluding hydrogens is 597 g/mol. The third-order valence-electron chi connectivity index (χ3n) is 7.34. The number of nitrogens with one attached hydrogen (secondary N) is 2. The highest BCUT2D eigenvalue weighted by molar-refractivity contribution is 7.87. The first-order chi connectivity index (χ1) is 21.5. The van der Waals surface area contributed by atoms with E-state index in [2.05, 4.69) is 21.9 Å². The molecule has 0 aromatic heterocycles. The lowest BCUT2D eigenvalue weighted by Crippen LogP contribution is -2.55. The van der Waals surface area contributed by atoms with Gasteiger partial charge in [0.2, 0.25) is 0 Å². The van der Waals surface area contributed by atoms with Gasteiger partial charge in [0.25, 0.3) is 16.1 Å². The minimum absolute atomic E-state index is 0.0958. The van der Waals surface area contributed by atoms with E-state index >= 15 is 0 Å². The lowest BCUT2D eigenvalue weighted by atomic mass is 9.98. The molecule has 1 saturated heterocycles. The van der Waals surface area contributed by atoms with E-state index in [4.69, 9.17) is 5.26 Å². The second kappa shape index (κ2) is 14.8. The highest BCUT2D eigenvalue weighted by Crippen LogP contribution is 2.20. The van der Waals surface area contributed by atoms with Gasteiger partial charge in [-0.3, -0.25) is 9.59 Å². The fourth-order valence-electron chi connectivity index (χ4n) is 4.88. The summed E-state index contributed by atoms with van der Waals surface area (Å²) in [5, 5.41) is 20.6. The first-order valence-corrected chi connectivity index (χ1v) is 15.8. The average Bonchev–Trinajstić information content (AvgIpc) is 3.02. The molecule has 0 bridgehead atoms. The van der Waals surface area contributed by atoms with Gasteiger partial charge in [-0.2, -0.15) is 22.7 Å². The second-order valence-corrected chi connectivity index (χ2v) is 12.6. The molecule has 12 heteroatoms. The number of nitriles is 1. The molecule has 3 aromatic carbocycles. The first kappa shape index (κ1) is 33.1. The number of hydrogen-bond acceptors (Lipinski definition) is 6. The summed E-state index contributed by atoms with van der Waals surface area (Å²) in [6.07, 6.45) is 0.353. The largest absolute Gasteiger partial charge is 0.480 e. The molecule has 0 unspecified atom stereocenters. The molecule has 1 aliphatic rings. The van der Waals surface area contributed by atoms with Crippen molar-refractivity contribution in [3.8, 4) is 17.9 Å². The Bertz CT molecular complexity index is 1750. The maximum atomic E-state index is 14.2. The number of piperazine rings is 1. The molecule has 0 saturated carbocycles. The van der Waals surface area contributed by atoms with Gasteiger partial charge in [0.1, 0.15) is 18.4 Å². The molecule has 1 amide bonds. The number of nitrogens with zero attached hydrogens (tertiary/aromatic N) is 3. The van der Waals surface area contributed by atoms with Crippen molar-refractivity contribution in [1.82, 2.24) is 14.3 Å². The van der Waals surface area contributed by atoms with Gasteiger partial charge in [0, 0.05) is 48.6 Å². The number of aliphatic carboxylic acids is 1. The Morgan fingerprint density at radius 1 is 1.00 bits per heavy atom. The van der Waals surface area contributed by atoms with Crippen molar-refractivity contribution in [2.45, 2.75) is 26.3 Å². The summed E-state index contributed by atoms with van der Waals surface area (Å²) in [6, 6.07) is 19.5.